The van der Waals surface area contributed by atoms with Gasteiger partial charge >= 0.3 is 0 Å². The van der Waals surface area contributed by atoms with Crippen molar-refractivity contribution in [2.75, 3.05) is 25.1 Å². The molecule has 0 fully saturated rings. The predicted octanol–water partition coefficient (Wildman–Crippen LogP) is 3.53. The Morgan fingerprint density at radius 3 is 2.17 bits per heavy atom. The fourth-order valence-electron chi connectivity index (χ4n) is 2.16. The van der Waals surface area contributed by atoms with Crippen molar-refractivity contribution >= 4 is 11.6 Å². The third-order valence-electron chi connectivity index (χ3n) is 3.09. The second-order valence-electron chi connectivity index (χ2n) is 4.80. The monoisotopic (exact) mass is 330 g/mol. The molecule has 2 rings (SSSR count). The maximum atomic E-state index is 12.5. The number of anilines is 1. The SMILES string of the molecule is CCOc1cc(C(=O)Nc2cccnc2)cc(OCC)c1OCC. The van der Waals surface area contributed by atoms with E-state index in [1.54, 1.807) is 36.7 Å². The van der Waals surface area contributed by atoms with E-state index < -0.39 is 0 Å². The molecule has 1 heterocycles. The topological polar surface area (TPSA) is 69.7 Å². The maximum absolute atomic E-state index is 12.5. The van der Waals surface area contributed by atoms with Gasteiger partial charge < -0.3 is 19.5 Å². The first-order valence-electron chi connectivity index (χ1n) is 7.97. The van der Waals surface area contributed by atoms with Crippen LogP contribution in [0.4, 0.5) is 5.69 Å². The van der Waals surface area contributed by atoms with Crippen molar-refractivity contribution in [3.8, 4) is 17.2 Å². The molecule has 6 heteroatoms. The van der Waals surface area contributed by atoms with Gasteiger partial charge in [0, 0.05) is 11.8 Å². The minimum absolute atomic E-state index is 0.270. The van der Waals surface area contributed by atoms with E-state index in [1.165, 1.54) is 0 Å². The fourth-order valence-corrected chi connectivity index (χ4v) is 2.16. The molecule has 0 unspecified atom stereocenters. The zero-order valence-corrected chi connectivity index (χ0v) is 14.2. The molecule has 0 aliphatic carbocycles. The average molecular weight is 330 g/mol. The van der Waals surface area contributed by atoms with Gasteiger partial charge in [-0.1, -0.05) is 0 Å². The summed E-state index contributed by atoms with van der Waals surface area (Å²) in [4.78, 5) is 16.5. The summed E-state index contributed by atoms with van der Waals surface area (Å²) in [6.45, 7) is 7.02. The van der Waals surface area contributed by atoms with Crippen LogP contribution in [0, 0.1) is 0 Å². The third kappa shape index (κ3) is 4.38. The second kappa shape index (κ2) is 8.76. The predicted molar refractivity (Wildman–Crippen MR) is 92.1 cm³/mol. The summed E-state index contributed by atoms with van der Waals surface area (Å²) < 4.78 is 16.9. The minimum Gasteiger partial charge on any atom is -0.490 e. The van der Waals surface area contributed by atoms with Gasteiger partial charge in [0.15, 0.2) is 11.5 Å². The molecule has 0 radical (unpaired) electrons. The lowest BCUT2D eigenvalue weighted by atomic mass is 10.1. The molecule has 1 aromatic heterocycles. The highest BCUT2D eigenvalue weighted by Gasteiger charge is 2.18. The van der Waals surface area contributed by atoms with Crippen LogP contribution in [0.2, 0.25) is 0 Å². The van der Waals surface area contributed by atoms with E-state index >= 15 is 0 Å². The molecule has 2 aromatic rings. The summed E-state index contributed by atoms with van der Waals surface area (Å²) in [5.41, 5.74) is 1.04. The van der Waals surface area contributed by atoms with Crippen molar-refractivity contribution < 1.29 is 19.0 Å². The minimum atomic E-state index is -0.270. The summed E-state index contributed by atoms with van der Waals surface area (Å²) in [7, 11) is 0. The molecular formula is C18H22N2O4. The second-order valence-corrected chi connectivity index (χ2v) is 4.80. The number of rotatable bonds is 8. The van der Waals surface area contributed by atoms with E-state index in [9.17, 15) is 4.79 Å². The highest BCUT2D eigenvalue weighted by molar-refractivity contribution is 6.05. The normalized spacial score (nSPS) is 10.1. The Morgan fingerprint density at radius 2 is 1.67 bits per heavy atom. The molecule has 1 amide bonds. The lowest BCUT2D eigenvalue weighted by Crippen LogP contribution is -2.13. The molecule has 0 bridgehead atoms. The number of hydrogen-bond donors (Lipinski definition) is 1. The zero-order valence-electron chi connectivity index (χ0n) is 14.2. The summed E-state index contributed by atoms with van der Waals surface area (Å²) in [5, 5.41) is 2.79. The first-order chi connectivity index (χ1) is 11.7. The molecule has 0 saturated heterocycles. The Morgan fingerprint density at radius 1 is 1.04 bits per heavy atom. The van der Waals surface area contributed by atoms with Gasteiger partial charge in [-0.15, -0.1) is 0 Å². The standard InChI is InChI=1S/C18H22N2O4/c1-4-22-15-10-13(11-16(23-5-2)17(15)24-6-3)18(21)20-14-8-7-9-19-12-14/h7-12H,4-6H2,1-3H3,(H,20,21). The van der Waals surface area contributed by atoms with E-state index in [4.69, 9.17) is 14.2 Å². The molecule has 6 nitrogen and oxygen atoms in total. The maximum Gasteiger partial charge on any atom is 0.255 e. The van der Waals surface area contributed by atoms with Gasteiger partial charge in [-0.25, -0.2) is 0 Å². The number of hydrogen-bond acceptors (Lipinski definition) is 5. The Kier molecular flexibility index (Phi) is 6.42. The molecule has 0 saturated carbocycles. The van der Waals surface area contributed by atoms with Crippen LogP contribution < -0.4 is 19.5 Å². The van der Waals surface area contributed by atoms with Gasteiger partial charge in [-0.2, -0.15) is 0 Å². The number of ether oxygens (including phenoxy) is 3. The van der Waals surface area contributed by atoms with Crippen LogP contribution in [0.25, 0.3) is 0 Å². The first-order valence-corrected chi connectivity index (χ1v) is 7.97. The van der Waals surface area contributed by atoms with Crippen LogP contribution in [0.3, 0.4) is 0 Å². The summed E-state index contributed by atoms with van der Waals surface area (Å²) in [5.74, 6) is 1.22. The van der Waals surface area contributed by atoms with Gasteiger partial charge in [0.05, 0.1) is 31.7 Å². The van der Waals surface area contributed by atoms with Crippen molar-refractivity contribution in [1.82, 2.24) is 4.98 Å². The van der Waals surface area contributed by atoms with E-state index in [1.807, 2.05) is 20.8 Å². The number of amides is 1. The number of nitrogens with zero attached hydrogens (tertiary/aromatic N) is 1. The third-order valence-corrected chi connectivity index (χ3v) is 3.09. The number of aromatic nitrogens is 1. The largest absolute Gasteiger partial charge is 0.490 e. The van der Waals surface area contributed by atoms with Crippen LogP contribution in [0.5, 0.6) is 17.2 Å². The Bertz CT molecular complexity index is 647. The molecule has 0 aliphatic rings. The fraction of sp³-hybridized carbons (Fsp3) is 0.333. The molecule has 0 spiro atoms. The van der Waals surface area contributed by atoms with Crippen LogP contribution in [0.15, 0.2) is 36.7 Å². The van der Waals surface area contributed by atoms with Gasteiger partial charge in [0.1, 0.15) is 0 Å². The Labute approximate surface area is 141 Å². The highest BCUT2D eigenvalue weighted by atomic mass is 16.5. The molecular weight excluding hydrogens is 308 g/mol. The van der Waals surface area contributed by atoms with E-state index in [0.29, 0.717) is 48.3 Å². The van der Waals surface area contributed by atoms with E-state index in [-0.39, 0.29) is 5.91 Å². The zero-order chi connectivity index (χ0) is 17.4. The molecule has 0 aliphatic heterocycles. The smallest absolute Gasteiger partial charge is 0.255 e. The van der Waals surface area contributed by atoms with Crippen molar-refractivity contribution in [1.29, 1.82) is 0 Å². The number of carbonyl (C=O) groups is 1. The number of benzene rings is 1. The highest BCUT2D eigenvalue weighted by Crippen LogP contribution is 2.39. The van der Waals surface area contributed by atoms with Crippen molar-refractivity contribution in [2.45, 2.75) is 20.8 Å². The molecule has 1 aromatic carbocycles. The van der Waals surface area contributed by atoms with Crippen molar-refractivity contribution in [3.05, 3.63) is 42.2 Å². The van der Waals surface area contributed by atoms with Crippen molar-refractivity contribution in [2.24, 2.45) is 0 Å². The number of pyridine rings is 1. The van der Waals surface area contributed by atoms with E-state index in [2.05, 4.69) is 10.3 Å². The first kappa shape index (κ1) is 17.6. The van der Waals surface area contributed by atoms with Gasteiger partial charge in [0.2, 0.25) is 5.75 Å². The molecule has 0 atom stereocenters. The van der Waals surface area contributed by atoms with Gasteiger partial charge in [-0.3, -0.25) is 9.78 Å². The van der Waals surface area contributed by atoms with Gasteiger partial charge in [0.25, 0.3) is 5.91 Å². The summed E-state index contributed by atoms with van der Waals surface area (Å²) in [6, 6.07) is 6.84. The summed E-state index contributed by atoms with van der Waals surface area (Å²) >= 11 is 0. The average Bonchev–Trinajstić information content (AvgIpc) is 2.58. The molecule has 1 N–H and O–H groups in total. The van der Waals surface area contributed by atoms with Crippen LogP contribution in [-0.4, -0.2) is 30.7 Å². The van der Waals surface area contributed by atoms with Gasteiger partial charge in [-0.05, 0) is 45.0 Å². The lowest BCUT2D eigenvalue weighted by Gasteiger charge is -2.17. The number of nitrogens with one attached hydrogen (secondary N) is 1. The summed E-state index contributed by atoms with van der Waals surface area (Å²) in [6.07, 6.45) is 3.23. The Hall–Kier alpha value is -2.76. The van der Waals surface area contributed by atoms with Crippen LogP contribution in [0.1, 0.15) is 31.1 Å². The number of carbonyl (C=O) groups excluding carboxylic acids is 1. The lowest BCUT2D eigenvalue weighted by molar-refractivity contribution is 0.102. The van der Waals surface area contributed by atoms with E-state index in [0.717, 1.165) is 0 Å². The van der Waals surface area contributed by atoms with Crippen LogP contribution in [-0.2, 0) is 0 Å². The quantitative estimate of drug-likeness (QED) is 0.802. The molecule has 24 heavy (non-hydrogen) atoms. The molecule has 128 valence electrons. The van der Waals surface area contributed by atoms with Crippen molar-refractivity contribution in [3.63, 3.8) is 0 Å². The van der Waals surface area contributed by atoms with Crippen LogP contribution >= 0.6 is 0 Å². The Balaban J connectivity index is 2.36.